The largest absolute Gasteiger partial charge is 0.464 e. The molecule has 17 heavy (non-hydrogen) atoms. The fourth-order valence-corrected chi connectivity index (χ4v) is 1.82. The summed E-state index contributed by atoms with van der Waals surface area (Å²) < 4.78 is 4.61. The lowest BCUT2D eigenvalue weighted by Crippen LogP contribution is -2.06. The van der Waals surface area contributed by atoms with Gasteiger partial charge in [0.15, 0.2) is 0 Å². The highest BCUT2D eigenvalue weighted by Crippen LogP contribution is 2.25. The normalized spacial score (nSPS) is 9.41. The van der Waals surface area contributed by atoms with Gasteiger partial charge in [-0.3, -0.25) is 0 Å². The zero-order valence-corrected chi connectivity index (χ0v) is 9.97. The molecule has 1 heterocycles. The van der Waals surface area contributed by atoms with Crippen molar-refractivity contribution in [1.82, 2.24) is 4.98 Å². The number of halogens is 1. The zero-order chi connectivity index (χ0) is 12.8. The predicted octanol–water partition coefficient (Wildman–Crippen LogP) is 1.98. The molecular formula is C11H10ClN3O2. The van der Waals surface area contributed by atoms with Gasteiger partial charge in [0, 0.05) is 12.0 Å². The first-order valence-electron chi connectivity index (χ1n) is 4.87. The van der Waals surface area contributed by atoms with E-state index in [-0.39, 0.29) is 23.7 Å². The number of esters is 1. The maximum atomic E-state index is 11.5. The molecule has 0 aromatic carbocycles. The SMILES string of the molecule is COC(=O)c1[nH]c(Cl)c(CC#N)c1CCC#N. The van der Waals surface area contributed by atoms with Gasteiger partial charge in [-0.15, -0.1) is 0 Å². The lowest BCUT2D eigenvalue weighted by Gasteiger charge is -2.01. The second-order valence-electron chi connectivity index (χ2n) is 3.26. The van der Waals surface area contributed by atoms with Crippen molar-refractivity contribution in [2.24, 2.45) is 0 Å². The average molecular weight is 252 g/mol. The van der Waals surface area contributed by atoms with E-state index in [4.69, 9.17) is 22.1 Å². The van der Waals surface area contributed by atoms with Crippen molar-refractivity contribution >= 4 is 17.6 Å². The van der Waals surface area contributed by atoms with Crippen molar-refractivity contribution in [3.8, 4) is 12.1 Å². The van der Waals surface area contributed by atoms with Crippen LogP contribution in [0, 0.1) is 22.7 Å². The Balaban J connectivity index is 3.22. The maximum absolute atomic E-state index is 11.5. The van der Waals surface area contributed by atoms with Crippen LogP contribution >= 0.6 is 11.6 Å². The minimum absolute atomic E-state index is 0.0904. The van der Waals surface area contributed by atoms with Crippen LogP contribution in [0.1, 0.15) is 28.0 Å². The third-order valence-corrected chi connectivity index (χ3v) is 2.62. The smallest absolute Gasteiger partial charge is 0.354 e. The van der Waals surface area contributed by atoms with Crippen LogP contribution < -0.4 is 0 Å². The van der Waals surface area contributed by atoms with Crippen LogP contribution in [0.4, 0.5) is 0 Å². The van der Waals surface area contributed by atoms with Crippen LogP contribution in [0.2, 0.25) is 5.15 Å². The number of nitriles is 2. The molecule has 0 aliphatic rings. The average Bonchev–Trinajstić information content (AvgIpc) is 2.64. The summed E-state index contributed by atoms with van der Waals surface area (Å²) in [5, 5.41) is 17.5. The number of hydrogen-bond acceptors (Lipinski definition) is 4. The molecule has 6 heteroatoms. The van der Waals surface area contributed by atoms with Gasteiger partial charge in [-0.1, -0.05) is 11.6 Å². The van der Waals surface area contributed by atoms with Crippen molar-refractivity contribution in [3.05, 3.63) is 22.0 Å². The standard InChI is InChI=1S/C11H10ClN3O2/c1-17-11(16)9-7(3-2-5-13)8(4-6-14)10(12)15-9/h15H,2-4H2,1H3. The molecule has 0 atom stereocenters. The lowest BCUT2D eigenvalue weighted by atomic mass is 10.0. The Bertz CT molecular complexity index is 508. The van der Waals surface area contributed by atoms with Gasteiger partial charge < -0.3 is 9.72 Å². The molecule has 0 saturated heterocycles. The molecule has 0 aliphatic carbocycles. The predicted molar refractivity (Wildman–Crippen MR) is 60.4 cm³/mol. The van der Waals surface area contributed by atoms with Crippen molar-refractivity contribution in [2.75, 3.05) is 7.11 Å². The first kappa shape index (κ1) is 13.1. The molecule has 1 rings (SSSR count). The summed E-state index contributed by atoms with van der Waals surface area (Å²) in [7, 11) is 1.26. The van der Waals surface area contributed by atoms with Gasteiger partial charge in [-0.25, -0.2) is 4.79 Å². The third kappa shape index (κ3) is 2.77. The van der Waals surface area contributed by atoms with E-state index in [2.05, 4.69) is 9.72 Å². The molecule has 0 radical (unpaired) electrons. The van der Waals surface area contributed by atoms with Crippen molar-refractivity contribution in [2.45, 2.75) is 19.3 Å². The molecule has 0 fully saturated rings. The van der Waals surface area contributed by atoms with Crippen LogP contribution in [0.5, 0.6) is 0 Å². The fraction of sp³-hybridized carbons (Fsp3) is 0.364. The van der Waals surface area contributed by atoms with Crippen LogP contribution in [0.15, 0.2) is 0 Å². The molecule has 1 aromatic rings. The van der Waals surface area contributed by atoms with Gasteiger partial charge in [0.25, 0.3) is 0 Å². The Morgan fingerprint density at radius 2 is 2.12 bits per heavy atom. The first-order valence-corrected chi connectivity index (χ1v) is 5.24. The Morgan fingerprint density at radius 3 is 2.65 bits per heavy atom. The fourth-order valence-electron chi connectivity index (χ4n) is 1.54. The summed E-state index contributed by atoms with van der Waals surface area (Å²) in [5.74, 6) is -0.552. The van der Waals surface area contributed by atoms with Gasteiger partial charge in [0.05, 0.1) is 25.7 Å². The number of carbonyl (C=O) groups excluding carboxylic acids is 1. The number of carbonyl (C=O) groups is 1. The van der Waals surface area contributed by atoms with Crippen LogP contribution in [0.3, 0.4) is 0 Å². The Morgan fingerprint density at radius 1 is 1.41 bits per heavy atom. The van der Waals surface area contributed by atoms with E-state index in [1.165, 1.54) is 7.11 Å². The molecule has 0 bridgehead atoms. The molecule has 5 nitrogen and oxygen atoms in total. The van der Waals surface area contributed by atoms with E-state index in [0.29, 0.717) is 17.5 Å². The monoisotopic (exact) mass is 251 g/mol. The number of aromatic amines is 1. The molecule has 0 amide bonds. The molecule has 0 spiro atoms. The Labute approximate surface area is 104 Å². The number of nitrogens with one attached hydrogen (secondary N) is 1. The molecule has 0 saturated carbocycles. The highest BCUT2D eigenvalue weighted by molar-refractivity contribution is 6.30. The molecule has 0 aliphatic heterocycles. The summed E-state index contributed by atoms with van der Waals surface area (Å²) in [5.41, 5.74) is 1.37. The van der Waals surface area contributed by atoms with Crippen molar-refractivity contribution < 1.29 is 9.53 Å². The summed E-state index contributed by atoms with van der Waals surface area (Å²) in [6.07, 6.45) is 0.699. The Hall–Kier alpha value is -1.98. The molecule has 1 aromatic heterocycles. The third-order valence-electron chi connectivity index (χ3n) is 2.30. The molecule has 88 valence electrons. The number of ether oxygens (including phenoxy) is 1. The van der Waals surface area contributed by atoms with E-state index in [1.807, 2.05) is 12.1 Å². The number of methoxy groups -OCH3 is 1. The van der Waals surface area contributed by atoms with Crippen LogP contribution in [-0.4, -0.2) is 18.1 Å². The number of H-pyrrole nitrogens is 1. The van der Waals surface area contributed by atoms with E-state index >= 15 is 0 Å². The Kier molecular flexibility index (Phi) is 4.56. The van der Waals surface area contributed by atoms with Crippen LogP contribution in [0.25, 0.3) is 0 Å². The lowest BCUT2D eigenvalue weighted by molar-refractivity contribution is 0.0593. The number of nitrogens with zero attached hydrogens (tertiary/aromatic N) is 2. The summed E-state index contributed by atoms with van der Waals surface area (Å²) in [4.78, 5) is 14.2. The van der Waals surface area contributed by atoms with Crippen molar-refractivity contribution in [1.29, 1.82) is 10.5 Å². The number of rotatable bonds is 4. The summed E-state index contributed by atoms with van der Waals surface area (Å²) in [6.45, 7) is 0. The zero-order valence-electron chi connectivity index (χ0n) is 9.21. The number of hydrogen-bond donors (Lipinski definition) is 1. The van der Waals surface area contributed by atoms with E-state index in [9.17, 15) is 4.79 Å². The van der Waals surface area contributed by atoms with Gasteiger partial charge in [0.2, 0.25) is 0 Å². The molecule has 1 N–H and O–H groups in total. The minimum atomic E-state index is -0.552. The highest BCUT2D eigenvalue weighted by Gasteiger charge is 2.21. The second-order valence-corrected chi connectivity index (χ2v) is 3.63. The van der Waals surface area contributed by atoms with Crippen molar-refractivity contribution in [3.63, 3.8) is 0 Å². The van der Waals surface area contributed by atoms with Gasteiger partial charge in [-0.05, 0) is 12.0 Å². The van der Waals surface area contributed by atoms with E-state index in [0.717, 1.165) is 0 Å². The summed E-state index contributed by atoms with van der Waals surface area (Å²) >= 11 is 5.91. The maximum Gasteiger partial charge on any atom is 0.354 e. The van der Waals surface area contributed by atoms with E-state index in [1.54, 1.807) is 0 Å². The summed E-state index contributed by atoms with van der Waals surface area (Å²) in [6, 6.07) is 3.96. The quantitative estimate of drug-likeness (QED) is 0.829. The van der Waals surface area contributed by atoms with E-state index < -0.39 is 5.97 Å². The second kappa shape index (κ2) is 5.93. The molecule has 0 unspecified atom stereocenters. The number of aromatic nitrogens is 1. The first-order chi connectivity index (χ1) is 8.15. The van der Waals surface area contributed by atoms with Gasteiger partial charge in [-0.2, -0.15) is 10.5 Å². The highest BCUT2D eigenvalue weighted by atomic mass is 35.5. The van der Waals surface area contributed by atoms with Gasteiger partial charge >= 0.3 is 5.97 Å². The van der Waals surface area contributed by atoms with Gasteiger partial charge in [0.1, 0.15) is 10.8 Å². The minimum Gasteiger partial charge on any atom is -0.464 e. The molecular weight excluding hydrogens is 242 g/mol. The topological polar surface area (TPSA) is 89.7 Å². The van der Waals surface area contributed by atoms with Crippen LogP contribution in [-0.2, 0) is 17.6 Å².